The molecule has 0 saturated carbocycles. The highest BCUT2D eigenvalue weighted by atomic mass is 16.5. The summed E-state index contributed by atoms with van der Waals surface area (Å²) in [6.07, 6.45) is 0. The molecule has 9 rings (SSSR count). The second-order valence-corrected chi connectivity index (χ2v) is 18.2. The van der Waals surface area contributed by atoms with Crippen molar-refractivity contribution in [2.75, 3.05) is 9.80 Å². The molecule has 0 saturated heterocycles. The summed E-state index contributed by atoms with van der Waals surface area (Å²) < 4.78 is 14.1. The SMILES string of the molecule is Cc1cc(N(c2cc(C)c(C)c(C)c2)c2ccc3c(c2)Oc2c(C)cc(C)c4c2B3c2ccc(N(c3cc(C)c(C)c(C)c3)c3cc(C)c(C)c(C)c3)cc2O4)cc(C)c1C. The molecule has 0 aliphatic carbocycles. The molecule has 0 fully saturated rings. The zero-order valence-corrected chi connectivity index (χ0v) is 38.4. The molecule has 0 radical (unpaired) electrons. The van der Waals surface area contributed by atoms with E-state index in [2.05, 4.69) is 198 Å². The van der Waals surface area contributed by atoms with Crippen molar-refractivity contribution in [2.24, 2.45) is 0 Å². The molecule has 61 heavy (non-hydrogen) atoms. The first kappa shape index (κ1) is 40.2. The third-order valence-corrected chi connectivity index (χ3v) is 14.2. The first-order valence-electron chi connectivity index (χ1n) is 21.7. The molecule has 2 aliphatic heterocycles. The summed E-state index contributed by atoms with van der Waals surface area (Å²) in [5.41, 5.74) is 27.8. The van der Waals surface area contributed by atoms with Crippen molar-refractivity contribution >= 4 is 57.2 Å². The van der Waals surface area contributed by atoms with Crippen molar-refractivity contribution in [3.63, 3.8) is 0 Å². The average Bonchev–Trinajstić information content (AvgIpc) is 3.21. The summed E-state index contributed by atoms with van der Waals surface area (Å²) in [5, 5.41) is 0. The summed E-state index contributed by atoms with van der Waals surface area (Å²) in [4.78, 5) is 4.79. The van der Waals surface area contributed by atoms with Crippen molar-refractivity contribution in [2.45, 2.75) is 96.9 Å². The van der Waals surface area contributed by atoms with Crippen LogP contribution < -0.4 is 35.7 Å². The minimum atomic E-state index is -0.0680. The van der Waals surface area contributed by atoms with E-state index in [1.165, 1.54) is 66.8 Å². The Bertz CT molecular complexity index is 2590. The van der Waals surface area contributed by atoms with E-state index in [-0.39, 0.29) is 6.71 Å². The highest BCUT2D eigenvalue weighted by Gasteiger charge is 2.42. The summed E-state index contributed by atoms with van der Waals surface area (Å²) in [6.45, 7) is 30.8. The molecular formula is C56H57BN2O2. The van der Waals surface area contributed by atoms with E-state index in [4.69, 9.17) is 9.47 Å². The van der Waals surface area contributed by atoms with Gasteiger partial charge >= 0.3 is 0 Å². The number of fused-ring (bicyclic) bond motifs is 4. The van der Waals surface area contributed by atoms with Gasteiger partial charge in [0.25, 0.3) is 6.71 Å². The smallest absolute Gasteiger partial charge is 0.260 e. The molecule has 7 aromatic carbocycles. The molecular weight excluding hydrogens is 743 g/mol. The van der Waals surface area contributed by atoms with E-state index in [1.807, 2.05) is 0 Å². The van der Waals surface area contributed by atoms with Gasteiger partial charge in [-0.3, -0.25) is 0 Å². The standard InChI is InChI=1S/C56H57BN2O2/c1-30-20-46(21-31(2)40(30)11)58(47-22-32(3)41(12)33(4)23-47)44-15-17-50-52(28-44)60-55-38(9)19-39(10)56-54(55)57(50)51-18-16-45(29-53(51)61-56)59(48-24-34(5)42(13)35(6)25-48)49-26-36(7)43(14)37(8)27-49/h15-29H,1-14H3. The highest BCUT2D eigenvalue weighted by molar-refractivity contribution is 6.98. The van der Waals surface area contributed by atoms with Crippen LogP contribution in [-0.2, 0) is 0 Å². The summed E-state index contributed by atoms with van der Waals surface area (Å²) in [5.74, 6) is 3.51. The number of nitrogens with zero attached hydrogens (tertiary/aromatic N) is 2. The van der Waals surface area contributed by atoms with Gasteiger partial charge in [0.05, 0.1) is 0 Å². The lowest BCUT2D eigenvalue weighted by molar-refractivity contribution is 0.460. The Morgan fingerprint density at radius 2 is 0.590 bits per heavy atom. The monoisotopic (exact) mass is 800 g/mol. The normalized spacial score (nSPS) is 12.3. The van der Waals surface area contributed by atoms with Gasteiger partial charge < -0.3 is 19.3 Å². The van der Waals surface area contributed by atoms with Gasteiger partial charge in [0.1, 0.15) is 23.0 Å². The molecule has 0 N–H and O–H groups in total. The summed E-state index contributed by atoms with van der Waals surface area (Å²) in [7, 11) is 0. The molecule has 306 valence electrons. The van der Waals surface area contributed by atoms with E-state index < -0.39 is 0 Å². The summed E-state index contributed by atoms with van der Waals surface area (Å²) in [6, 6.07) is 34.4. The molecule has 0 aromatic heterocycles. The van der Waals surface area contributed by atoms with Crippen molar-refractivity contribution in [1.82, 2.24) is 0 Å². The molecule has 7 aromatic rings. The van der Waals surface area contributed by atoms with E-state index in [0.29, 0.717) is 0 Å². The Hall–Kier alpha value is -6.20. The van der Waals surface area contributed by atoms with E-state index in [0.717, 1.165) is 84.6 Å². The van der Waals surface area contributed by atoms with Gasteiger partial charge in [-0.15, -0.1) is 0 Å². The van der Waals surface area contributed by atoms with Crippen molar-refractivity contribution in [3.05, 3.63) is 169 Å². The minimum Gasteiger partial charge on any atom is -0.458 e. The third kappa shape index (κ3) is 6.61. The van der Waals surface area contributed by atoms with Crippen molar-refractivity contribution in [1.29, 1.82) is 0 Å². The van der Waals surface area contributed by atoms with E-state index in [1.54, 1.807) is 0 Å². The number of rotatable bonds is 6. The van der Waals surface area contributed by atoms with Crippen LogP contribution in [-0.4, -0.2) is 6.71 Å². The van der Waals surface area contributed by atoms with Gasteiger partial charge in [-0.1, -0.05) is 12.1 Å². The second-order valence-electron chi connectivity index (χ2n) is 18.2. The number of anilines is 6. The molecule has 2 aliphatic rings. The Balaban J connectivity index is 1.22. The fraction of sp³-hybridized carbons (Fsp3) is 0.250. The number of hydrogen-bond donors (Lipinski definition) is 0. The quantitative estimate of drug-likeness (QED) is 0.156. The number of aryl methyl sites for hydroxylation is 10. The van der Waals surface area contributed by atoms with Crippen LogP contribution in [0.3, 0.4) is 0 Å². The van der Waals surface area contributed by atoms with Crippen molar-refractivity contribution < 1.29 is 9.47 Å². The first-order chi connectivity index (χ1) is 29.0. The maximum atomic E-state index is 7.05. The number of benzene rings is 7. The lowest BCUT2D eigenvalue weighted by atomic mass is 9.34. The molecule has 0 amide bonds. The van der Waals surface area contributed by atoms with E-state index in [9.17, 15) is 0 Å². The fourth-order valence-corrected chi connectivity index (χ4v) is 9.66. The van der Waals surface area contributed by atoms with E-state index >= 15 is 0 Å². The molecule has 0 atom stereocenters. The van der Waals surface area contributed by atoms with Gasteiger partial charge in [-0.25, -0.2) is 0 Å². The van der Waals surface area contributed by atoms with Crippen LogP contribution in [0.5, 0.6) is 23.0 Å². The van der Waals surface area contributed by atoms with Gasteiger partial charge in [0.15, 0.2) is 0 Å². The third-order valence-electron chi connectivity index (χ3n) is 14.2. The topological polar surface area (TPSA) is 24.9 Å². The minimum absolute atomic E-state index is 0.0680. The Morgan fingerprint density at radius 3 is 0.869 bits per heavy atom. The molecule has 2 heterocycles. The second kappa shape index (κ2) is 14.8. The van der Waals surface area contributed by atoms with Gasteiger partial charge in [-0.2, -0.15) is 0 Å². The Kier molecular flexibility index (Phi) is 9.74. The maximum absolute atomic E-state index is 7.05. The van der Waals surface area contributed by atoms with Crippen LogP contribution >= 0.6 is 0 Å². The van der Waals surface area contributed by atoms with Crippen LogP contribution in [0.2, 0.25) is 0 Å². The predicted molar refractivity (Wildman–Crippen MR) is 260 cm³/mol. The van der Waals surface area contributed by atoms with Crippen LogP contribution in [0.15, 0.2) is 91.0 Å². The molecule has 5 heteroatoms. The number of ether oxygens (including phenoxy) is 2. The van der Waals surface area contributed by atoms with Crippen LogP contribution in [0.25, 0.3) is 0 Å². The lowest BCUT2D eigenvalue weighted by Gasteiger charge is -2.36. The van der Waals surface area contributed by atoms with Gasteiger partial charge in [0.2, 0.25) is 0 Å². The predicted octanol–water partition coefficient (Wildman–Crippen LogP) is 13.7. The zero-order chi connectivity index (χ0) is 43.3. The molecule has 0 bridgehead atoms. The van der Waals surface area contributed by atoms with Crippen LogP contribution in [0.1, 0.15) is 77.9 Å². The molecule has 0 unspecified atom stereocenters. The highest BCUT2D eigenvalue weighted by Crippen LogP contribution is 2.45. The van der Waals surface area contributed by atoms with Crippen molar-refractivity contribution in [3.8, 4) is 23.0 Å². The zero-order valence-electron chi connectivity index (χ0n) is 38.4. The lowest BCUT2D eigenvalue weighted by Crippen LogP contribution is -2.57. The van der Waals surface area contributed by atoms with Gasteiger partial charge in [0, 0.05) is 51.7 Å². The Labute approximate surface area is 363 Å². The van der Waals surface area contributed by atoms with Crippen LogP contribution in [0, 0.1) is 96.9 Å². The number of hydrogen-bond acceptors (Lipinski definition) is 4. The Morgan fingerprint density at radius 1 is 0.311 bits per heavy atom. The van der Waals surface area contributed by atoms with Crippen LogP contribution in [0.4, 0.5) is 34.1 Å². The molecule has 4 nitrogen and oxygen atoms in total. The summed E-state index contributed by atoms with van der Waals surface area (Å²) >= 11 is 0. The largest absolute Gasteiger partial charge is 0.458 e. The molecule has 0 spiro atoms. The van der Waals surface area contributed by atoms with Gasteiger partial charge in [-0.05, 0) is 252 Å². The maximum Gasteiger partial charge on any atom is 0.260 e. The fourth-order valence-electron chi connectivity index (χ4n) is 9.66. The first-order valence-corrected chi connectivity index (χ1v) is 21.7. The average molecular weight is 801 g/mol.